The van der Waals surface area contributed by atoms with E-state index in [1.54, 1.807) is 4.90 Å². The summed E-state index contributed by atoms with van der Waals surface area (Å²) in [6, 6.07) is 2.05. The van der Waals surface area contributed by atoms with Crippen LogP contribution in [0.5, 0.6) is 0 Å². The van der Waals surface area contributed by atoms with Crippen molar-refractivity contribution in [2.24, 2.45) is 0 Å². The van der Waals surface area contributed by atoms with Gasteiger partial charge in [0.15, 0.2) is 5.83 Å². The van der Waals surface area contributed by atoms with Crippen LogP contribution in [0.25, 0.3) is 22.0 Å². The van der Waals surface area contributed by atoms with E-state index < -0.39 is 56.9 Å². The van der Waals surface area contributed by atoms with Crippen molar-refractivity contribution in [3.05, 3.63) is 63.3 Å². The lowest BCUT2D eigenvalue weighted by atomic mass is 9.95. The number of rotatable bonds is 3. The number of carbonyl (C=O) groups is 1. The normalized spacial score (nSPS) is 16.0. The van der Waals surface area contributed by atoms with Crippen LogP contribution >= 0.6 is 23.4 Å². The molecule has 14 heteroatoms. The maximum atomic E-state index is 15.0. The van der Waals surface area contributed by atoms with Gasteiger partial charge in [-0.2, -0.15) is 18.2 Å². The Balaban J connectivity index is 1.78. The second kappa shape index (κ2) is 10.1. The fraction of sp³-hybridized carbons (Fsp3) is 0.320. The average Bonchev–Trinajstić information content (AvgIpc) is 3.11. The minimum absolute atomic E-state index is 0.00203. The lowest BCUT2D eigenvalue weighted by Crippen LogP contribution is -2.49. The third kappa shape index (κ3) is 4.86. The molecular formula is C25H19ClF6N4O2S. The Morgan fingerprint density at radius 2 is 1.74 bits per heavy atom. The Morgan fingerprint density at radius 3 is 2.38 bits per heavy atom. The third-order valence-electron chi connectivity index (χ3n) is 6.65. The van der Waals surface area contributed by atoms with Gasteiger partial charge < -0.3 is 9.80 Å². The predicted octanol–water partition coefficient (Wildman–Crippen LogP) is 5.64. The number of benzene rings is 2. The summed E-state index contributed by atoms with van der Waals surface area (Å²) in [5, 5.41) is -0.542. The minimum atomic E-state index is -4.97. The zero-order chi connectivity index (χ0) is 28.2. The summed E-state index contributed by atoms with van der Waals surface area (Å²) < 4.78 is 87.1. The van der Waals surface area contributed by atoms with Crippen LogP contribution in [-0.4, -0.2) is 52.3 Å². The molecule has 0 saturated carbocycles. The molecule has 5 rings (SSSR count). The standard InChI is InChI=1S/C25H19ClF6N4O2S/c1-12(27)23(37)35-6-4-34(5-7-35)22-14-9-15(25(30,31)32)19(13-10-16(26)18(29)11-17(13)28)21-20(14)36(24(38)33-22)3-2-8-39-21/h9-11H,1-8H2. The topological polar surface area (TPSA) is 58.4 Å². The highest BCUT2D eigenvalue weighted by molar-refractivity contribution is 7.99. The van der Waals surface area contributed by atoms with E-state index in [1.807, 2.05) is 0 Å². The molecule has 6 nitrogen and oxygen atoms in total. The summed E-state index contributed by atoms with van der Waals surface area (Å²) in [7, 11) is 0. The Bertz CT molecular complexity index is 1580. The number of thioether (sulfide) groups is 1. The molecule has 0 spiro atoms. The van der Waals surface area contributed by atoms with Crippen LogP contribution in [0.4, 0.5) is 32.2 Å². The van der Waals surface area contributed by atoms with Crippen LogP contribution in [0.2, 0.25) is 5.02 Å². The molecule has 0 bridgehead atoms. The van der Waals surface area contributed by atoms with E-state index >= 15 is 0 Å². The number of aromatic nitrogens is 2. The minimum Gasteiger partial charge on any atom is -0.352 e. The summed E-state index contributed by atoms with van der Waals surface area (Å²) in [6.45, 7) is 3.35. The summed E-state index contributed by atoms with van der Waals surface area (Å²) >= 11 is 6.87. The van der Waals surface area contributed by atoms with Crippen molar-refractivity contribution >= 4 is 46.0 Å². The van der Waals surface area contributed by atoms with Crippen molar-refractivity contribution in [2.45, 2.75) is 24.0 Å². The van der Waals surface area contributed by atoms with Gasteiger partial charge in [0.2, 0.25) is 0 Å². The van der Waals surface area contributed by atoms with Gasteiger partial charge >= 0.3 is 11.9 Å². The number of aryl methyl sites for hydroxylation is 1. The molecule has 0 radical (unpaired) electrons. The molecular weight excluding hydrogens is 570 g/mol. The molecule has 206 valence electrons. The third-order valence-corrected chi connectivity index (χ3v) is 8.12. The number of amides is 1. The van der Waals surface area contributed by atoms with Crippen LogP contribution in [0.3, 0.4) is 0 Å². The lowest BCUT2D eigenvalue weighted by molar-refractivity contribution is -0.137. The van der Waals surface area contributed by atoms with Gasteiger partial charge in [0, 0.05) is 60.2 Å². The molecule has 1 amide bonds. The Kier molecular flexibility index (Phi) is 7.08. The monoisotopic (exact) mass is 588 g/mol. The summed E-state index contributed by atoms with van der Waals surface area (Å²) in [6.07, 6.45) is -4.54. The van der Waals surface area contributed by atoms with Crippen LogP contribution in [0, 0.1) is 11.6 Å². The number of halogens is 7. The van der Waals surface area contributed by atoms with Crippen molar-refractivity contribution in [3.63, 3.8) is 0 Å². The zero-order valence-electron chi connectivity index (χ0n) is 20.0. The molecule has 39 heavy (non-hydrogen) atoms. The molecule has 2 aliphatic rings. The molecule has 1 aromatic heterocycles. The van der Waals surface area contributed by atoms with Crippen LogP contribution < -0.4 is 10.6 Å². The van der Waals surface area contributed by atoms with Crippen molar-refractivity contribution in [1.82, 2.24) is 14.5 Å². The molecule has 1 saturated heterocycles. The number of piperazine rings is 1. The van der Waals surface area contributed by atoms with Gasteiger partial charge in [-0.25, -0.2) is 18.0 Å². The molecule has 0 N–H and O–H groups in total. The van der Waals surface area contributed by atoms with Gasteiger partial charge in [0.05, 0.1) is 16.1 Å². The number of hydrogen-bond donors (Lipinski definition) is 0. The number of alkyl halides is 3. The number of carbonyl (C=O) groups excluding carboxylic acids is 1. The Hall–Kier alpha value is -3.19. The van der Waals surface area contributed by atoms with Crippen molar-refractivity contribution in [3.8, 4) is 11.1 Å². The molecule has 1 fully saturated rings. The summed E-state index contributed by atoms with van der Waals surface area (Å²) in [5.74, 6) is -4.09. The molecule has 3 heterocycles. The zero-order valence-corrected chi connectivity index (χ0v) is 21.6. The molecule has 2 aliphatic heterocycles. The van der Waals surface area contributed by atoms with E-state index in [2.05, 4.69) is 11.6 Å². The van der Waals surface area contributed by atoms with E-state index in [4.69, 9.17) is 11.6 Å². The lowest BCUT2D eigenvalue weighted by Gasteiger charge is -2.35. The van der Waals surface area contributed by atoms with Crippen molar-refractivity contribution in [2.75, 3.05) is 36.8 Å². The van der Waals surface area contributed by atoms with Gasteiger partial charge in [-0.3, -0.25) is 9.36 Å². The Morgan fingerprint density at radius 1 is 1.05 bits per heavy atom. The second-order valence-corrected chi connectivity index (χ2v) is 10.5. The highest BCUT2D eigenvalue weighted by Crippen LogP contribution is 2.49. The molecule has 0 unspecified atom stereocenters. The van der Waals surface area contributed by atoms with Gasteiger partial charge in [-0.15, -0.1) is 11.8 Å². The van der Waals surface area contributed by atoms with E-state index in [0.29, 0.717) is 18.2 Å². The van der Waals surface area contributed by atoms with Gasteiger partial charge in [-0.1, -0.05) is 18.2 Å². The SMILES string of the molecule is C=C(F)C(=O)N1CCN(c2nc(=O)n3c4c(c(-c5cc(Cl)c(F)cc5F)c(C(F)(F)F)cc24)SCCC3)CC1. The number of hydrogen-bond acceptors (Lipinski definition) is 5. The molecule has 2 aromatic carbocycles. The first-order valence-electron chi connectivity index (χ1n) is 11.7. The fourth-order valence-corrected chi connectivity index (χ4v) is 6.24. The van der Waals surface area contributed by atoms with E-state index in [-0.39, 0.29) is 54.3 Å². The van der Waals surface area contributed by atoms with Crippen LogP contribution in [0.1, 0.15) is 12.0 Å². The average molecular weight is 589 g/mol. The highest BCUT2D eigenvalue weighted by atomic mass is 35.5. The van der Waals surface area contributed by atoms with E-state index in [1.165, 1.54) is 9.47 Å². The first kappa shape index (κ1) is 27.4. The van der Waals surface area contributed by atoms with E-state index in [0.717, 1.165) is 23.9 Å². The first-order valence-corrected chi connectivity index (χ1v) is 13.1. The van der Waals surface area contributed by atoms with Crippen LogP contribution in [-0.2, 0) is 17.5 Å². The Labute approximate surface area is 226 Å². The maximum absolute atomic E-state index is 15.0. The fourth-order valence-electron chi connectivity index (χ4n) is 4.88. The first-order chi connectivity index (χ1) is 18.4. The second-order valence-electron chi connectivity index (χ2n) is 9.02. The summed E-state index contributed by atoms with van der Waals surface area (Å²) in [5.41, 5.74) is -2.84. The summed E-state index contributed by atoms with van der Waals surface area (Å²) in [4.78, 5) is 32.0. The predicted molar refractivity (Wildman–Crippen MR) is 136 cm³/mol. The van der Waals surface area contributed by atoms with Crippen LogP contribution in [0.15, 0.2) is 40.3 Å². The van der Waals surface area contributed by atoms with Crippen molar-refractivity contribution in [1.29, 1.82) is 0 Å². The van der Waals surface area contributed by atoms with Gasteiger partial charge in [0.25, 0.3) is 5.91 Å². The smallest absolute Gasteiger partial charge is 0.352 e. The van der Waals surface area contributed by atoms with E-state index in [9.17, 15) is 35.9 Å². The molecule has 0 aliphatic carbocycles. The van der Waals surface area contributed by atoms with Gasteiger partial charge in [-0.05, 0) is 24.3 Å². The quantitative estimate of drug-likeness (QED) is 0.225. The molecule has 3 aromatic rings. The van der Waals surface area contributed by atoms with Gasteiger partial charge in [0.1, 0.15) is 17.5 Å². The van der Waals surface area contributed by atoms with Crippen molar-refractivity contribution < 1.29 is 31.1 Å². The maximum Gasteiger partial charge on any atom is 0.417 e. The largest absolute Gasteiger partial charge is 0.417 e. The number of anilines is 1. The molecule has 0 atom stereocenters. The number of nitrogens with zero attached hydrogens (tertiary/aromatic N) is 4. The highest BCUT2D eigenvalue weighted by Gasteiger charge is 2.39.